The third-order valence-corrected chi connectivity index (χ3v) is 6.67. The number of hydrogen-bond acceptors (Lipinski definition) is 5. The molecule has 0 amide bonds. The molecule has 0 saturated carbocycles. The number of nitrogens with one attached hydrogen (secondary N) is 1. The number of nitrogens with zero attached hydrogens (tertiary/aromatic N) is 1. The number of rotatable bonds is 8. The van der Waals surface area contributed by atoms with Crippen LogP contribution in [-0.2, 0) is 21.3 Å². The molecule has 9 heteroatoms. The maximum absolute atomic E-state index is 12.4. The molecule has 1 aromatic heterocycles. The van der Waals surface area contributed by atoms with Crippen molar-refractivity contribution in [2.75, 3.05) is 20.3 Å². The molecule has 6 nitrogen and oxygen atoms in total. The third kappa shape index (κ3) is 4.77. The van der Waals surface area contributed by atoms with E-state index in [1.807, 2.05) is 12.1 Å². The average Bonchev–Trinajstić information content (AvgIpc) is 2.95. The molecule has 0 aliphatic carbocycles. The van der Waals surface area contributed by atoms with Gasteiger partial charge in [0.25, 0.3) is 0 Å². The van der Waals surface area contributed by atoms with Gasteiger partial charge in [-0.05, 0) is 42.3 Å². The van der Waals surface area contributed by atoms with E-state index < -0.39 is 10.0 Å². The molecular formula is C18H19ClN2O4S2. The summed E-state index contributed by atoms with van der Waals surface area (Å²) in [5, 5.41) is 0.633. The van der Waals surface area contributed by atoms with E-state index in [2.05, 4.69) is 4.72 Å². The number of methoxy groups -OCH3 is 1. The Morgan fingerprint density at radius 1 is 1.19 bits per heavy atom. The number of benzene rings is 2. The van der Waals surface area contributed by atoms with Crippen molar-refractivity contribution < 1.29 is 13.2 Å². The summed E-state index contributed by atoms with van der Waals surface area (Å²) < 4.78 is 34.5. The number of sulfonamides is 1. The first kappa shape index (κ1) is 20.0. The second kappa shape index (κ2) is 8.53. The molecule has 2 aromatic carbocycles. The monoisotopic (exact) mass is 426 g/mol. The van der Waals surface area contributed by atoms with Crippen molar-refractivity contribution in [3.63, 3.8) is 0 Å². The summed E-state index contributed by atoms with van der Waals surface area (Å²) in [6, 6.07) is 12.0. The Labute approximate surface area is 166 Å². The Balaban J connectivity index is 1.87. The second-order valence-electron chi connectivity index (χ2n) is 5.95. The molecule has 27 heavy (non-hydrogen) atoms. The first-order chi connectivity index (χ1) is 12.9. The van der Waals surface area contributed by atoms with Gasteiger partial charge in [-0.25, -0.2) is 13.1 Å². The highest BCUT2D eigenvalue weighted by Gasteiger charge is 2.16. The third-order valence-electron chi connectivity index (χ3n) is 4.02. The number of hydrogen-bond donors (Lipinski definition) is 1. The summed E-state index contributed by atoms with van der Waals surface area (Å²) in [6.45, 7) is 1.18. The zero-order chi connectivity index (χ0) is 19.4. The lowest BCUT2D eigenvalue weighted by Crippen LogP contribution is -2.25. The summed E-state index contributed by atoms with van der Waals surface area (Å²) in [5.74, 6) is 0. The van der Waals surface area contributed by atoms with Crippen LogP contribution in [0.2, 0.25) is 5.02 Å². The van der Waals surface area contributed by atoms with Crippen molar-refractivity contribution in [1.29, 1.82) is 0 Å². The number of fused-ring (bicyclic) bond motifs is 1. The fourth-order valence-electron chi connectivity index (χ4n) is 2.64. The quantitative estimate of drug-likeness (QED) is 0.561. The number of halogens is 1. The van der Waals surface area contributed by atoms with Crippen molar-refractivity contribution in [1.82, 2.24) is 9.29 Å². The SMILES string of the molecule is COCCCNS(=O)(=O)c1ccc2c(c1)sc(=O)n2Cc1ccc(Cl)cc1. The van der Waals surface area contributed by atoms with E-state index in [9.17, 15) is 13.2 Å². The summed E-state index contributed by atoms with van der Waals surface area (Å²) in [7, 11) is -2.06. The Bertz CT molecular complexity index is 1090. The van der Waals surface area contributed by atoms with E-state index >= 15 is 0 Å². The van der Waals surface area contributed by atoms with Crippen molar-refractivity contribution in [3.05, 3.63) is 62.7 Å². The fraction of sp³-hybridized carbons (Fsp3) is 0.278. The lowest BCUT2D eigenvalue weighted by Gasteiger charge is -2.08. The van der Waals surface area contributed by atoms with Crippen LogP contribution < -0.4 is 9.60 Å². The first-order valence-corrected chi connectivity index (χ1v) is 10.9. The predicted molar refractivity (Wildman–Crippen MR) is 108 cm³/mol. The van der Waals surface area contributed by atoms with Crippen LogP contribution in [0.25, 0.3) is 10.2 Å². The van der Waals surface area contributed by atoms with Crippen LogP contribution in [0.15, 0.2) is 52.2 Å². The van der Waals surface area contributed by atoms with Gasteiger partial charge < -0.3 is 4.74 Å². The minimum Gasteiger partial charge on any atom is -0.385 e. The smallest absolute Gasteiger partial charge is 0.308 e. The predicted octanol–water partition coefficient (Wildman–Crippen LogP) is 3.08. The van der Waals surface area contributed by atoms with E-state index in [4.69, 9.17) is 16.3 Å². The lowest BCUT2D eigenvalue weighted by molar-refractivity contribution is 0.196. The van der Waals surface area contributed by atoms with Crippen LogP contribution in [0.3, 0.4) is 0 Å². The molecule has 0 aliphatic heterocycles. The van der Waals surface area contributed by atoms with Crippen LogP contribution >= 0.6 is 22.9 Å². The number of ether oxygens (including phenoxy) is 1. The summed E-state index contributed by atoms with van der Waals surface area (Å²) in [5.41, 5.74) is 1.65. The minimum absolute atomic E-state index is 0.137. The van der Waals surface area contributed by atoms with Gasteiger partial charge in [0.2, 0.25) is 10.0 Å². The van der Waals surface area contributed by atoms with E-state index in [1.54, 1.807) is 35.9 Å². The molecule has 0 bridgehead atoms. The highest BCUT2D eigenvalue weighted by Crippen LogP contribution is 2.23. The minimum atomic E-state index is -3.62. The van der Waals surface area contributed by atoms with Crippen molar-refractivity contribution in [2.45, 2.75) is 17.9 Å². The van der Waals surface area contributed by atoms with E-state index in [0.29, 0.717) is 41.4 Å². The van der Waals surface area contributed by atoms with E-state index in [1.165, 1.54) is 6.07 Å². The highest BCUT2D eigenvalue weighted by molar-refractivity contribution is 7.89. The number of thiazole rings is 1. The van der Waals surface area contributed by atoms with Crippen LogP contribution in [0.1, 0.15) is 12.0 Å². The summed E-state index contributed by atoms with van der Waals surface area (Å²) in [4.78, 5) is 12.4. The Morgan fingerprint density at radius 2 is 1.93 bits per heavy atom. The average molecular weight is 427 g/mol. The van der Waals surface area contributed by atoms with Gasteiger partial charge in [0, 0.05) is 25.3 Å². The van der Waals surface area contributed by atoms with Crippen LogP contribution in [0.4, 0.5) is 0 Å². The molecule has 144 valence electrons. The van der Waals surface area contributed by atoms with Gasteiger partial charge in [0.15, 0.2) is 0 Å². The van der Waals surface area contributed by atoms with Gasteiger partial charge in [-0.3, -0.25) is 9.36 Å². The molecule has 3 aromatic rings. The van der Waals surface area contributed by atoms with Crippen molar-refractivity contribution in [2.24, 2.45) is 0 Å². The van der Waals surface area contributed by atoms with E-state index in [-0.39, 0.29) is 9.77 Å². The first-order valence-electron chi connectivity index (χ1n) is 8.27. The standard InChI is InChI=1S/C18H19ClN2O4S2/c1-25-10-2-9-20-27(23,24)15-7-8-16-17(11-15)26-18(22)21(16)12-13-3-5-14(19)6-4-13/h3-8,11,20H,2,9-10,12H2,1H3. The maximum atomic E-state index is 12.4. The van der Waals surface area contributed by atoms with E-state index in [0.717, 1.165) is 16.9 Å². The molecular weight excluding hydrogens is 408 g/mol. The van der Waals surface area contributed by atoms with Crippen LogP contribution in [-0.4, -0.2) is 33.2 Å². The summed E-state index contributed by atoms with van der Waals surface area (Å²) in [6.07, 6.45) is 0.586. The molecule has 0 radical (unpaired) electrons. The van der Waals surface area contributed by atoms with Gasteiger partial charge in [0.05, 0.1) is 21.7 Å². The molecule has 0 atom stereocenters. The topological polar surface area (TPSA) is 77.4 Å². The molecule has 1 heterocycles. The second-order valence-corrected chi connectivity index (χ2v) is 9.15. The molecule has 0 fully saturated rings. The summed E-state index contributed by atoms with van der Waals surface area (Å²) >= 11 is 6.93. The Kier molecular flexibility index (Phi) is 6.33. The van der Waals surface area contributed by atoms with Gasteiger partial charge in [-0.15, -0.1) is 0 Å². The molecule has 0 saturated heterocycles. The van der Waals surface area contributed by atoms with Crippen molar-refractivity contribution in [3.8, 4) is 0 Å². The zero-order valence-electron chi connectivity index (χ0n) is 14.6. The number of aromatic nitrogens is 1. The van der Waals surface area contributed by atoms with Gasteiger partial charge >= 0.3 is 4.87 Å². The molecule has 3 rings (SSSR count). The van der Waals surface area contributed by atoms with Crippen molar-refractivity contribution >= 4 is 43.2 Å². The van der Waals surface area contributed by atoms with Gasteiger partial charge in [0.1, 0.15) is 0 Å². The maximum Gasteiger partial charge on any atom is 0.308 e. The molecule has 0 spiro atoms. The largest absolute Gasteiger partial charge is 0.385 e. The Morgan fingerprint density at radius 3 is 2.63 bits per heavy atom. The zero-order valence-corrected chi connectivity index (χ0v) is 17.0. The molecule has 1 N–H and O–H groups in total. The lowest BCUT2D eigenvalue weighted by atomic mass is 10.2. The fourth-order valence-corrected chi connectivity index (χ4v) is 4.87. The van der Waals surface area contributed by atoms with Crippen LogP contribution in [0.5, 0.6) is 0 Å². The van der Waals surface area contributed by atoms with Gasteiger partial charge in [-0.1, -0.05) is 35.1 Å². The van der Waals surface area contributed by atoms with Crippen LogP contribution in [0, 0.1) is 0 Å². The Hall–Kier alpha value is -1.71. The molecule has 0 unspecified atom stereocenters. The highest BCUT2D eigenvalue weighted by atomic mass is 35.5. The molecule has 0 aliphatic rings. The van der Waals surface area contributed by atoms with Gasteiger partial charge in [-0.2, -0.15) is 0 Å². The normalized spacial score (nSPS) is 11.9.